The molecule has 1 aliphatic rings. The predicted molar refractivity (Wildman–Crippen MR) is 117 cm³/mol. The Kier molecular flexibility index (Phi) is 6.35. The van der Waals surface area contributed by atoms with E-state index >= 15 is 0 Å². The average molecular weight is 453 g/mol. The molecule has 0 radical (unpaired) electrons. The summed E-state index contributed by atoms with van der Waals surface area (Å²) in [6.07, 6.45) is 3.35. The van der Waals surface area contributed by atoms with Gasteiger partial charge in [-0.1, -0.05) is 30.0 Å². The first-order valence-electron chi connectivity index (χ1n) is 9.07. The second kappa shape index (κ2) is 9.51. The number of benzene rings is 2. The maximum Gasteiger partial charge on any atom is 0.268 e. The number of hydrogen-bond donors (Lipinski definition) is 1. The first-order valence-corrected chi connectivity index (χ1v) is 11.1. The lowest BCUT2D eigenvalue weighted by Gasteiger charge is -2.07. The Morgan fingerprint density at radius 1 is 1.29 bits per heavy atom. The molecule has 1 aromatic heterocycles. The monoisotopic (exact) mass is 452 g/mol. The molecule has 0 unspecified atom stereocenters. The number of nitriles is 1. The van der Waals surface area contributed by atoms with E-state index in [1.165, 1.54) is 17.8 Å². The fraction of sp³-hybridized carbons (Fsp3) is 0.143. The standard InChI is InChI=1S/C21H16N4O4S2/c1-30-21-24-20(31-25-21)23-19(26)15(10-22)8-13-2-5-16(6-3-13)27-11-14-4-7-17-18(9-14)29-12-28-17/h2-9H,11-12H2,1H3,(H,23,24,25,26). The van der Waals surface area contributed by atoms with E-state index in [4.69, 9.17) is 14.2 Å². The van der Waals surface area contributed by atoms with E-state index in [1.54, 1.807) is 24.3 Å². The van der Waals surface area contributed by atoms with Crippen molar-refractivity contribution in [3.05, 3.63) is 59.2 Å². The lowest BCUT2D eigenvalue weighted by atomic mass is 10.1. The van der Waals surface area contributed by atoms with E-state index in [0.29, 0.717) is 34.0 Å². The van der Waals surface area contributed by atoms with Crippen LogP contribution < -0.4 is 19.5 Å². The van der Waals surface area contributed by atoms with E-state index in [0.717, 1.165) is 22.8 Å². The molecule has 0 fully saturated rings. The highest BCUT2D eigenvalue weighted by atomic mass is 32.2. The summed E-state index contributed by atoms with van der Waals surface area (Å²) in [5.74, 6) is 1.57. The highest BCUT2D eigenvalue weighted by molar-refractivity contribution is 7.98. The number of nitrogens with zero attached hydrogens (tertiary/aromatic N) is 3. The van der Waals surface area contributed by atoms with Crippen LogP contribution in [0.4, 0.5) is 5.13 Å². The van der Waals surface area contributed by atoms with Crippen molar-refractivity contribution in [3.63, 3.8) is 0 Å². The lowest BCUT2D eigenvalue weighted by molar-refractivity contribution is -0.112. The van der Waals surface area contributed by atoms with Gasteiger partial charge in [-0.15, -0.1) is 0 Å². The molecule has 0 spiro atoms. The highest BCUT2D eigenvalue weighted by Crippen LogP contribution is 2.32. The van der Waals surface area contributed by atoms with E-state index in [-0.39, 0.29) is 12.4 Å². The van der Waals surface area contributed by atoms with Crippen molar-refractivity contribution in [1.82, 2.24) is 9.36 Å². The summed E-state index contributed by atoms with van der Waals surface area (Å²) in [4.78, 5) is 16.5. The van der Waals surface area contributed by atoms with Gasteiger partial charge in [-0.2, -0.15) is 14.6 Å². The van der Waals surface area contributed by atoms with Crippen LogP contribution in [0.25, 0.3) is 6.08 Å². The minimum absolute atomic E-state index is 0.0325. The van der Waals surface area contributed by atoms with Gasteiger partial charge >= 0.3 is 0 Å². The molecule has 2 aromatic carbocycles. The third kappa shape index (κ3) is 5.14. The third-order valence-corrected chi connectivity index (χ3v) is 5.50. The molecular formula is C21H16N4O4S2. The van der Waals surface area contributed by atoms with Crippen LogP contribution in [0.2, 0.25) is 0 Å². The van der Waals surface area contributed by atoms with Crippen molar-refractivity contribution in [1.29, 1.82) is 5.26 Å². The smallest absolute Gasteiger partial charge is 0.268 e. The Hall–Kier alpha value is -3.55. The van der Waals surface area contributed by atoms with Gasteiger partial charge in [0.1, 0.15) is 24.0 Å². The zero-order valence-corrected chi connectivity index (χ0v) is 18.0. The van der Waals surface area contributed by atoms with Crippen molar-refractivity contribution in [2.24, 2.45) is 0 Å². The van der Waals surface area contributed by atoms with Crippen molar-refractivity contribution in [2.45, 2.75) is 11.8 Å². The molecular weight excluding hydrogens is 436 g/mol. The Morgan fingerprint density at radius 3 is 2.84 bits per heavy atom. The molecule has 3 aromatic rings. The van der Waals surface area contributed by atoms with Gasteiger partial charge in [0, 0.05) is 11.5 Å². The number of carbonyl (C=O) groups is 1. The molecule has 156 valence electrons. The minimum atomic E-state index is -0.533. The molecule has 0 bridgehead atoms. The van der Waals surface area contributed by atoms with Crippen molar-refractivity contribution < 1.29 is 19.0 Å². The van der Waals surface area contributed by atoms with Crippen LogP contribution >= 0.6 is 23.3 Å². The van der Waals surface area contributed by atoms with Crippen LogP contribution in [0.1, 0.15) is 11.1 Å². The van der Waals surface area contributed by atoms with E-state index in [2.05, 4.69) is 14.7 Å². The summed E-state index contributed by atoms with van der Waals surface area (Å²) >= 11 is 2.44. The Bertz CT molecular complexity index is 1170. The van der Waals surface area contributed by atoms with Crippen molar-refractivity contribution >= 4 is 40.4 Å². The summed E-state index contributed by atoms with van der Waals surface area (Å²) in [6, 6.07) is 14.7. The maximum atomic E-state index is 12.3. The molecule has 0 atom stereocenters. The zero-order chi connectivity index (χ0) is 21.6. The molecule has 31 heavy (non-hydrogen) atoms. The summed E-state index contributed by atoms with van der Waals surface area (Å²) in [6.45, 7) is 0.606. The summed E-state index contributed by atoms with van der Waals surface area (Å²) in [7, 11) is 0. The molecule has 2 heterocycles. The molecule has 10 heteroatoms. The van der Waals surface area contributed by atoms with Gasteiger partial charge < -0.3 is 14.2 Å². The van der Waals surface area contributed by atoms with Crippen LogP contribution in [0.3, 0.4) is 0 Å². The largest absolute Gasteiger partial charge is 0.489 e. The number of thioether (sulfide) groups is 1. The van der Waals surface area contributed by atoms with E-state index in [1.807, 2.05) is 30.5 Å². The number of anilines is 1. The number of fused-ring (bicyclic) bond motifs is 1. The molecule has 8 nitrogen and oxygen atoms in total. The Morgan fingerprint density at radius 2 is 2.10 bits per heavy atom. The molecule has 0 saturated carbocycles. The van der Waals surface area contributed by atoms with E-state index in [9.17, 15) is 10.1 Å². The second-order valence-electron chi connectivity index (χ2n) is 6.26. The third-order valence-electron chi connectivity index (χ3n) is 4.21. The van der Waals surface area contributed by atoms with Crippen LogP contribution in [0, 0.1) is 11.3 Å². The van der Waals surface area contributed by atoms with Gasteiger partial charge in [-0.25, -0.2) is 0 Å². The highest BCUT2D eigenvalue weighted by Gasteiger charge is 2.14. The van der Waals surface area contributed by atoms with Crippen LogP contribution in [-0.4, -0.2) is 28.3 Å². The van der Waals surface area contributed by atoms with Gasteiger partial charge in [0.25, 0.3) is 5.91 Å². The van der Waals surface area contributed by atoms with E-state index < -0.39 is 5.91 Å². The fourth-order valence-corrected chi connectivity index (χ4v) is 3.80. The van der Waals surface area contributed by atoms with Gasteiger partial charge in [0.2, 0.25) is 17.1 Å². The van der Waals surface area contributed by atoms with Crippen molar-refractivity contribution in [2.75, 3.05) is 18.4 Å². The number of ether oxygens (including phenoxy) is 3. The van der Waals surface area contributed by atoms with Gasteiger partial charge in [-0.3, -0.25) is 10.1 Å². The number of nitrogens with one attached hydrogen (secondary N) is 1. The Balaban J connectivity index is 1.37. The van der Waals surface area contributed by atoms with Gasteiger partial charge in [0.05, 0.1) is 0 Å². The Labute approximate surface area is 186 Å². The number of hydrogen-bond acceptors (Lipinski definition) is 9. The lowest BCUT2D eigenvalue weighted by Crippen LogP contribution is -2.13. The topological polar surface area (TPSA) is 106 Å². The number of rotatable bonds is 7. The number of amides is 1. The normalized spacial score (nSPS) is 12.3. The average Bonchev–Trinajstić information content (AvgIpc) is 3.45. The van der Waals surface area contributed by atoms with Crippen LogP contribution in [-0.2, 0) is 11.4 Å². The van der Waals surface area contributed by atoms with Gasteiger partial charge in [0.15, 0.2) is 11.5 Å². The molecule has 4 rings (SSSR count). The quantitative estimate of drug-likeness (QED) is 0.324. The number of carbonyl (C=O) groups excluding carboxylic acids is 1. The zero-order valence-electron chi connectivity index (χ0n) is 16.3. The van der Waals surface area contributed by atoms with Crippen LogP contribution in [0.5, 0.6) is 17.2 Å². The van der Waals surface area contributed by atoms with Crippen LogP contribution in [0.15, 0.2) is 53.2 Å². The summed E-state index contributed by atoms with van der Waals surface area (Å²) in [5, 5.41) is 12.9. The molecule has 0 aliphatic carbocycles. The second-order valence-corrected chi connectivity index (χ2v) is 7.78. The number of aromatic nitrogens is 2. The molecule has 1 N–H and O–H groups in total. The minimum Gasteiger partial charge on any atom is -0.489 e. The summed E-state index contributed by atoms with van der Waals surface area (Å²) in [5.41, 5.74) is 1.62. The van der Waals surface area contributed by atoms with Crippen molar-refractivity contribution in [3.8, 4) is 23.3 Å². The molecule has 1 aliphatic heterocycles. The maximum absolute atomic E-state index is 12.3. The predicted octanol–water partition coefficient (Wildman–Crippen LogP) is 4.11. The SMILES string of the molecule is CSc1nsc(NC(=O)C(C#N)=Cc2ccc(OCc3ccc4c(c3)OCO4)cc2)n1. The summed E-state index contributed by atoms with van der Waals surface area (Å²) < 4.78 is 20.5. The molecule has 0 saturated heterocycles. The molecule has 1 amide bonds. The van der Waals surface area contributed by atoms with Gasteiger partial charge in [-0.05, 0) is 47.7 Å². The fourth-order valence-electron chi connectivity index (χ4n) is 2.68. The first-order chi connectivity index (χ1) is 15.1. The first kappa shape index (κ1) is 20.7.